The zero-order valence-corrected chi connectivity index (χ0v) is 10.7. The smallest absolute Gasteiger partial charge is 0.305 e. The number of amides is 1. The molecule has 0 saturated heterocycles. The Balaban J connectivity index is 2.16. The van der Waals surface area contributed by atoms with Crippen LogP contribution >= 0.6 is 0 Å². The summed E-state index contributed by atoms with van der Waals surface area (Å²) in [6.07, 6.45) is 1.60. The number of carbonyl (C=O) groups is 2. The maximum absolute atomic E-state index is 13.8. The van der Waals surface area contributed by atoms with Gasteiger partial charge in [-0.2, -0.15) is 0 Å². The van der Waals surface area contributed by atoms with Gasteiger partial charge in [0.05, 0.1) is 12.0 Å². The minimum atomic E-state index is -0.956. The summed E-state index contributed by atoms with van der Waals surface area (Å²) in [5.74, 6) is -1.92. The Morgan fingerprint density at radius 2 is 2.11 bits per heavy atom. The number of carboxylic acid groups (broad SMARTS) is 1. The summed E-state index contributed by atoms with van der Waals surface area (Å²) in [4.78, 5) is 24.3. The number of carboxylic acids is 1. The van der Waals surface area contributed by atoms with Crippen molar-refractivity contribution in [1.29, 1.82) is 0 Å². The Morgan fingerprint density at radius 3 is 2.63 bits per heavy atom. The van der Waals surface area contributed by atoms with Crippen molar-refractivity contribution in [1.82, 2.24) is 4.90 Å². The van der Waals surface area contributed by atoms with Crippen molar-refractivity contribution < 1.29 is 19.1 Å². The molecule has 0 aromatic heterocycles. The number of aliphatic carboxylic acids is 1. The van der Waals surface area contributed by atoms with Crippen molar-refractivity contribution in [2.45, 2.75) is 32.2 Å². The third-order valence-electron chi connectivity index (χ3n) is 3.17. The maximum Gasteiger partial charge on any atom is 0.305 e. The molecule has 4 nitrogen and oxygen atoms in total. The van der Waals surface area contributed by atoms with Crippen LogP contribution in [0.3, 0.4) is 0 Å². The lowest BCUT2D eigenvalue weighted by molar-refractivity contribution is -0.137. The molecule has 0 spiro atoms. The third-order valence-corrected chi connectivity index (χ3v) is 3.17. The highest BCUT2D eigenvalue weighted by Gasteiger charge is 2.34. The molecule has 1 amide bonds. The van der Waals surface area contributed by atoms with Gasteiger partial charge in [0.2, 0.25) is 0 Å². The van der Waals surface area contributed by atoms with Crippen LogP contribution in [0.1, 0.15) is 35.2 Å². The first-order valence-corrected chi connectivity index (χ1v) is 6.28. The molecule has 1 aliphatic rings. The number of aryl methyl sites for hydroxylation is 1. The van der Waals surface area contributed by atoms with Gasteiger partial charge in [-0.05, 0) is 37.5 Å². The summed E-state index contributed by atoms with van der Waals surface area (Å²) < 4.78 is 13.8. The molecule has 0 aliphatic heterocycles. The fourth-order valence-electron chi connectivity index (χ4n) is 2.00. The maximum atomic E-state index is 13.8. The SMILES string of the molecule is Cc1ccc(C(=O)N(CCC(=O)O)C2CC2)c(F)c1. The average Bonchev–Trinajstić information content (AvgIpc) is 3.13. The van der Waals surface area contributed by atoms with Crippen LogP contribution in [-0.2, 0) is 4.79 Å². The quantitative estimate of drug-likeness (QED) is 0.888. The van der Waals surface area contributed by atoms with Gasteiger partial charge in [0.25, 0.3) is 5.91 Å². The molecule has 2 rings (SSSR count). The summed E-state index contributed by atoms with van der Waals surface area (Å²) in [5, 5.41) is 8.70. The Morgan fingerprint density at radius 1 is 1.42 bits per heavy atom. The second-order valence-corrected chi connectivity index (χ2v) is 4.86. The van der Waals surface area contributed by atoms with Crippen LogP contribution in [0.15, 0.2) is 18.2 Å². The van der Waals surface area contributed by atoms with Crippen LogP contribution in [0.5, 0.6) is 0 Å². The molecule has 5 heteroatoms. The van der Waals surface area contributed by atoms with E-state index in [0.717, 1.165) is 18.4 Å². The summed E-state index contributed by atoms with van der Waals surface area (Å²) in [5.41, 5.74) is 0.764. The van der Waals surface area contributed by atoms with E-state index in [2.05, 4.69) is 0 Å². The van der Waals surface area contributed by atoms with Gasteiger partial charge in [0, 0.05) is 12.6 Å². The number of benzene rings is 1. The Hall–Kier alpha value is -1.91. The fourth-order valence-corrected chi connectivity index (χ4v) is 2.00. The number of halogens is 1. The zero-order valence-electron chi connectivity index (χ0n) is 10.7. The molecular weight excluding hydrogens is 249 g/mol. The summed E-state index contributed by atoms with van der Waals surface area (Å²) in [6, 6.07) is 4.52. The van der Waals surface area contributed by atoms with Crippen molar-refractivity contribution in [3.05, 3.63) is 35.1 Å². The highest BCUT2D eigenvalue weighted by Crippen LogP contribution is 2.29. The standard InChI is InChI=1S/C14H16FNO3/c1-9-2-5-11(12(15)8-9)14(19)16(10-3-4-10)7-6-13(17)18/h2,5,8,10H,3-4,6-7H2,1H3,(H,17,18). The molecule has 1 saturated carbocycles. The topological polar surface area (TPSA) is 57.6 Å². The van der Waals surface area contributed by atoms with Gasteiger partial charge in [0.15, 0.2) is 0 Å². The number of nitrogens with zero attached hydrogens (tertiary/aromatic N) is 1. The largest absolute Gasteiger partial charge is 0.481 e. The molecule has 0 bridgehead atoms. The molecule has 1 aromatic rings. The second-order valence-electron chi connectivity index (χ2n) is 4.86. The minimum Gasteiger partial charge on any atom is -0.481 e. The first-order chi connectivity index (χ1) is 8.99. The van der Waals surface area contributed by atoms with E-state index in [4.69, 9.17) is 5.11 Å². The lowest BCUT2D eigenvalue weighted by Gasteiger charge is -2.22. The molecule has 19 heavy (non-hydrogen) atoms. The first-order valence-electron chi connectivity index (χ1n) is 6.28. The van der Waals surface area contributed by atoms with Crippen LogP contribution in [0.25, 0.3) is 0 Å². The molecular formula is C14H16FNO3. The average molecular weight is 265 g/mol. The predicted octanol–water partition coefficient (Wildman–Crippen LogP) is 2.21. The van der Waals surface area contributed by atoms with E-state index in [1.165, 1.54) is 17.0 Å². The molecule has 0 atom stereocenters. The molecule has 102 valence electrons. The van der Waals surface area contributed by atoms with E-state index in [1.807, 2.05) is 0 Å². The number of hydrogen-bond acceptors (Lipinski definition) is 2. The number of carbonyl (C=O) groups excluding carboxylic acids is 1. The summed E-state index contributed by atoms with van der Waals surface area (Å²) >= 11 is 0. The monoisotopic (exact) mass is 265 g/mol. The number of hydrogen-bond donors (Lipinski definition) is 1. The van der Waals surface area contributed by atoms with Gasteiger partial charge in [0.1, 0.15) is 5.82 Å². The molecule has 1 aromatic carbocycles. The van der Waals surface area contributed by atoms with Gasteiger partial charge in [-0.25, -0.2) is 4.39 Å². The van der Waals surface area contributed by atoms with Crippen LogP contribution in [0, 0.1) is 12.7 Å². The van der Waals surface area contributed by atoms with Crippen molar-refractivity contribution in [3.63, 3.8) is 0 Å². The lowest BCUT2D eigenvalue weighted by atomic mass is 10.1. The van der Waals surface area contributed by atoms with Gasteiger partial charge in [-0.15, -0.1) is 0 Å². The van der Waals surface area contributed by atoms with Crippen molar-refractivity contribution in [2.24, 2.45) is 0 Å². The highest BCUT2D eigenvalue weighted by molar-refractivity contribution is 5.95. The van der Waals surface area contributed by atoms with Gasteiger partial charge < -0.3 is 10.0 Å². The van der Waals surface area contributed by atoms with E-state index in [0.29, 0.717) is 0 Å². The van der Waals surface area contributed by atoms with Crippen LogP contribution in [0.2, 0.25) is 0 Å². The summed E-state index contributed by atoms with van der Waals surface area (Å²) in [7, 11) is 0. The van der Waals surface area contributed by atoms with Gasteiger partial charge >= 0.3 is 5.97 Å². The fraction of sp³-hybridized carbons (Fsp3) is 0.429. The molecule has 0 heterocycles. The first kappa shape index (κ1) is 13.5. The van der Waals surface area contributed by atoms with E-state index >= 15 is 0 Å². The van der Waals surface area contributed by atoms with E-state index in [-0.39, 0.29) is 24.6 Å². The third kappa shape index (κ3) is 3.30. The Bertz CT molecular complexity index is 511. The van der Waals surface area contributed by atoms with Gasteiger partial charge in [-0.1, -0.05) is 6.07 Å². The zero-order chi connectivity index (χ0) is 14.0. The van der Waals surface area contributed by atoms with Crippen molar-refractivity contribution >= 4 is 11.9 Å². The van der Waals surface area contributed by atoms with Crippen LogP contribution < -0.4 is 0 Å². The Kier molecular flexibility index (Phi) is 3.83. The lowest BCUT2D eigenvalue weighted by Crippen LogP contribution is -2.35. The van der Waals surface area contributed by atoms with Crippen molar-refractivity contribution in [3.8, 4) is 0 Å². The van der Waals surface area contributed by atoms with Crippen LogP contribution in [-0.4, -0.2) is 34.5 Å². The van der Waals surface area contributed by atoms with E-state index < -0.39 is 17.7 Å². The molecule has 1 N–H and O–H groups in total. The normalized spacial score (nSPS) is 14.2. The molecule has 0 unspecified atom stereocenters. The van der Waals surface area contributed by atoms with Crippen molar-refractivity contribution in [2.75, 3.05) is 6.54 Å². The van der Waals surface area contributed by atoms with E-state index in [9.17, 15) is 14.0 Å². The molecule has 0 radical (unpaired) electrons. The summed E-state index contributed by atoms with van der Waals surface area (Å²) in [6.45, 7) is 1.88. The Labute approximate surface area is 110 Å². The minimum absolute atomic E-state index is 0.0166. The van der Waals surface area contributed by atoms with Crippen LogP contribution in [0.4, 0.5) is 4.39 Å². The molecule has 1 fully saturated rings. The van der Waals surface area contributed by atoms with E-state index in [1.54, 1.807) is 13.0 Å². The molecule has 1 aliphatic carbocycles. The van der Waals surface area contributed by atoms with Gasteiger partial charge in [-0.3, -0.25) is 9.59 Å². The second kappa shape index (κ2) is 5.38. The highest BCUT2D eigenvalue weighted by atomic mass is 19.1. The number of rotatable bonds is 5. The predicted molar refractivity (Wildman–Crippen MR) is 67.4 cm³/mol.